The largest absolute Gasteiger partial charge is 0.480 e. The molecule has 0 saturated carbocycles. The first-order valence-electron chi connectivity index (χ1n) is 26.3. The fourth-order valence-electron chi connectivity index (χ4n) is 6.40. The third-order valence-electron chi connectivity index (χ3n) is 10.9. The van der Waals surface area contributed by atoms with E-state index in [4.69, 9.17) is 17.2 Å². The molecule has 2 rings (SSSR count). The highest BCUT2D eigenvalue weighted by Crippen LogP contribution is 2.20. The van der Waals surface area contributed by atoms with Gasteiger partial charge in [0.2, 0.25) is 47.3 Å². The van der Waals surface area contributed by atoms with Gasteiger partial charge in [-0.1, -0.05) is 97.4 Å². The van der Waals surface area contributed by atoms with Crippen LogP contribution >= 0.6 is 23.5 Å². The maximum Gasteiger partial charge on any atom is 0.332 e. The van der Waals surface area contributed by atoms with Gasteiger partial charge in [0.05, 0.1) is 30.6 Å². The van der Waals surface area contributed by atoms with Crippen LogP contribution in [0, 0.1) is 24.7 Å². The first-order chi connectivity index (χ1) is 37.8. The summed E-state index contributed by atoms with van der Waals surface area (Å²) in [4.78, 5) is 118. The number of guanidine groups is 1. The van der Waals surface area contributed by atoms with Crippen molar-refractivity contribution in [3.05, 3.63) is 60.2 Å². The van der Waals surface area contributed by atoms with Crippen molar-refractivity contribution in [1.29, 1.82) is 0 Å². The number of benzene rings is 2. The highest BCUT2D eigenvalue weighted by molar-refractivity contribution is 7.98. The SMILES string of the molecule is CCC(NC(=O)C(CCCN=C(N)N)NC(=O)CNC(=O)C(C)NC(=O)CNC(=O)C(N)C(C)C)C(=O)N[C@@H](CC(C)C)C(=O)NCC(=O)N[C@@H](CC(C)C)C(=O)O.CCSC.CSc1cccc(S(=O)(=O)F)c1.Cc1ccccc1. The van der Waals surface area contributed by atoms with E-state index in [0.717, 1.165) is 4.90 Å². The Morgan fingerprint density at radius 2 is 1.12 bits per heavy atom. The molecular weight excluding hydrogens is 1110 g/mol. The summed E-state index contributed by atoms with van der Waals surface area (Å²) in [5, 5.41) is 29.0. The number of rotatable bonds is 30. The first kappa shape index (κ1) is 76.5. The quantitative estimate of drug-likeness (QED) is 0.0175. The molecule has 0 aliphatic carbocycles. The molecule has 15 N–H and O–H groups in total. The predicted molar refractivity (Wildman–Crippen MR) is 316 cm³/mol. The molecule has 24 nitrogen and oxygen atoms in total. The summed E-state index contributed by atoms with van der Waals surface area (Å²) in [6.07, 6.45) is 4.55. The molecule has 0 aliphatic heterocycles. The number of halogens is 1. The molecule has 2 aromatic carbocycles. The Hall–Kier alpha value is -6.52. The minimum atomic E-state index is -4.55. The number of carboxylic acid groups (broad SMARTS) is 1. The molecule has 0 spiro atoms. The molecule has 8 amide bonds. The number of amides is 8. The molecular formula is C53H89FN12O12S3. The highest BCUT2D eigenvalue weighted by Gasteiger charge is 2.30. The normalized spacial score (nSPS) is 12.9. The summed E-state index contributed by atoms with van der Waals surface area (Å²) in [6, 6.07) is 9.45. The third-order valence-corrected chi connectivity index (χ3v) is 13.1. The Balaban J connectivity index is 0. The number of carboxylic acids is 1. The minimum absolute atomic E-state index is 0.0132. The van der Waals surface area contributed by atoms with Crippen LogP contribution in [0.5, 0.6) is 0 Å². The van der Waals surface area contributed by atoms with Gasteiger partial charge < -0.3 is 64.8 Å². The van der Waals surface area contributed by atoms with Crippen LogP contribution in [0.2, 0.25) is 0 Å². The summed E-state index contributed by atoms with van der Waals surface area (Å²) in [7, 11) is -4.55. The second-order valence-corrected chi connectivity index (χ2v) is 22.8. The van der Waals surface area contributed by atoms with E-state index < -0.39 is 119 Å². The van der Waals surface area contributed by atoms with Crippen LogP contribution in [-0.2, 0) is 53.4 Å². The number of thioether (sulfide) groups is 2. The number of hydrogen-bond acceptors (Lipinski definition) is 15. The molecule has 0 heterocycles. The monoisotopic (exact) mass is 1200 g/mol. The lowest BCUT2D eigenvalue weighted by molar-refractivity contribution is -0.142. The number of aryl methyl sites for hydroxylation is 1. The molecule has 0 bridgehead atoms. The van der Waals surface area contributed by atoms with Gasteiger partial charge in [0, 0.05) is 11.4 Å². The molecule has 0 fully saturated rings. The maximum atomic E-state index is 13.5. The highest BCUT2D eigenvalue weighted by atomic mass is 32.3. The van der Waals surface area contributed by atoms with Crippen molar-refractivity contribution < 1.29 is 60.6 Å². The van der Waals surface area contributed by atoms with E-state index in [-0.39, 0.29) is 67.3 Å². The van der Waals surface area contributed by atoms with Crippen molar-refractivity contribution in [2.45, 2.75) is 147 Å². The lowest BCUT2D eigenvalue weighted by Gasteiger charge is -2.25. The van der Waals surface area contributed by atoms with Gasteiger partial charge in [-0.25, -0.2) is 4.79 Å². The molecule has 0 radical (unpaired) electrons. The molecule has 28 heteroatoms. The van der Waals surface area contributed by atoms with E-state index in [1.165, 1.54) is 48.2 Å². The van der Waals surface area contributed by atoms with Crippen LogP contribution in [0.4, 0.5) is 3.89 Å². The summed E-state index contributed by atoms with van der Waals surface area (Å²) in [5.74, 6) is -6.06. The molecule has 4 unspecified atom stereocenters. The number of aliphatic imine (C=N–C) groups is 1. The molecule has 0 saturated heterocycles. The minimum Gasteiger partial charge on any atom is -0.480 e. The molecule has 2 aromatic rings. The molecule has 0 aliphatic rings. The average molecular weight is 1200 g/mol. The van der Waals surface area contributed by atoms with Crippen molar-refractivity contribution in [1.82, 2.24) is 42.5 Å². The number of nitrogens with two attached hydrogens (primary N) is 3. The predicted octanol–water partition coefficient (Wildman–Crippen LogP) is 1.83. The summed E-state index contributed by atoms with van der Waals surface area (Å²) >= 11 is 3.22. The molecule has 458 valence electrons. The topological polar surface area (TPSA) is 395 Å². The van der Waals surface area contributed by atoms with E-state index in [1.54, 1.807) is 46.9 Å². The Labute approximate surface area is 485 Å². The zero-order valence-electron chi connectivity index (χ0n) is 48.7. The van der Waals surface area contributed by atoms with Crippen LogP contribution in [0.25, 0.3) is 0 Å². The number of carbonyl (C=O) groups is 9. The average Bonchev–Trinajstić information content (AvgIpc) is 3.40. The first-order valence-corrected chi connectivity index (χ1v) is 30.3. The van der Waals surface area contributed by atoms with Gasteiger partial charge in [0.25, 0.3) is 0 Å². The lowest BCUT2D eigenvalue weighted by Crippen LogP contribution is -2.57. The van der Waals surface area contributed by atoms with Crippen molar-refractivity contribution in [3.63, 3.8) is 0 Å². The van der Waals surface area contributed by atoms with Crippen molar-refractivity contribution in [2.75, 3.05) is 44.4 Å². The fourth-order valence-corrected chi connectivity index (χ4v) is 7.44. The Bertz CT molecular complexity index is 2420. The summed E-state index contributed by atoms with van der Waals surface area (Å²) < 4.78 is 33.3. The van der Waals surface area contributed by atoms with Gasteiger partial charge in [-0.3, -0.25) is 43.3 Å². The summed E-state index contributed by atoms with van der Waals surface area (Å²) in [6.45, 7) is 16.5. The van der Waals surface area contributed by atoms with Crippen LogP contribution in [-0.4, -0.2) is 153 Å². The van der Waals surface area contributed by atoms with Crippen molar-refractivity contribution in [3.8, 4) is 0 Å². The zero-order chi connectivity index (χ0) is 62.4. The third kappa shape index (κ3) is 37.2. The number of hydrogen-bond donors (Lipinski definition) is 12. The van der Waals surface area contributed by atoms with Crippen molar-refractivity contribution in [2.24, 2.45) is 39.9 Å². The van der Waals surface area contributed by atoms with E-state index in [1.807, 2.05) is 43.8 Å². The standard InChI is InChI=1S/C36H66N12O10.C7H7FO2S2.C7H8.C3H8S/c1-9-22(32(54)48-24(13-18(2)3)31(53)42-17-28(51)46-25(35(57)58)14-19(4)5)47-33(55)23(11-10-12-40-36(38)39)45-27(50)16-41-30(52)21(8)44-26(49)15-43-34(56)29(37)20(6)7;1-11-6-3-2-4-7(5-6)12(8,9)10;1-7-5-3-2-4-6-7;1-3-4-2/h18-25,29H,9-17,37H2,1-8H3,(H,41,52)(H,42,53)(H,43,56)(H,44,49)(H,45,50)(H,46,51)(H,47,55)(H,48,54)(H,57,58)(H4,38,39,40);2-5H,1H3;2-6H,1H3;3H2,1-2H3/t21?,22?,23?,24-,25-,29?;;;/m0.../s1. The number of aliphatic carboxylic acids is 1. The lowest BCUT2D eigenvalue weighted by atomic mass is 10.0. The van der Waals surface area contributed by atoms with E-state index in [0.29, 0.717) is 0 Å². The molecule has 0 aromatic heterocycles. The Kier molecular flexibility index (Phi) is 40.0. The number of nitrogens with one attached hydrogen (secondary N) is 8. The van der Waals surface area contributed by atoms with Crippen molar-refractivity contribution >= 4 is 92.9 Å². The van der Waals surface area contributed by atoms with Gasteiger partial charge >= 0.3 is 16.2 Å². The smallest absolute Gasteiger partial charge is 0.332 e. The van der Waals surface area contributed by atoms with E-state index in [9.17, 15) is 60.6 Å². The van der Waals surface area contributed by atoms with Crippen LogP contribution in [0.15, 0.2) is 69.4 Å². The number of carbonyl (C=O) groups excluding carboxylic acids is 8. The van der Waals surface area contributed by atoms with Gasteiger partial charge in [-0.15, -0.1) is 15.6 Å². The maximum absolute atomic E-state index is 13.5. The molecule has 6 atom stereocenters. The Morgan fingerprint density at radius 3 is 1.57 bits per heavy atom. The second kappa shape index (κ2) is 42.3. The van der Waals surface area contributed by atoms with Gasteiger partial charge in [0.15, 0.2) is 5.96 Å². The van der Waals surface area contributed by atoms with E-state index >= 15 is 0 Å². The molecule has 81 heavy (non-hydrogen) atoms. The van der Waals surface area contributed by atoms with Gasteiger partial charge in [-0.2, -0.15) is 20.2 Å². The summed E-state index contributed by atoms with van der Waals surface area (Å²) in [5.41, 5.74) is 17.8. The van der Waals surface area contributed by atoms with E-state index in [2.05, 4.69) is 79.8 Å². The van der Waals surface area contributed by atoms with Gasteiger partial charge in [-0.05, 0) is 100 Å². The van der Waals surface area contributed by atoms with Crippen LogP contribution in [0.3, 0.4) is 0 Å². The Morgan fingerprint density at radius 1 is 0.642 bits per heavy atom. The second-order valence-electron chi connectivity index (χ2n) is 19.4. The van der Waals surface area contributed by atoms with Gasteiger partial charge in [0.1, 0.15) is 30.2 Å². The van der Waals surface area contributed by atoms with Crippen LogP contribution < -0.4 is 59.7 Å². The zero-order valence-corrected chi connectivity index (χ0v) is 51.1. The number of nitrogens with zero attached hydrogens (tertiary/aromatic N) is 1. The fraction of sp³-hybridized carbons (Fsp3) is 0.585. The van der Waals surface area contributed by atoms with Crippen LogP contribution in [0.1, 0.15) is 100.0 Å².